The van der Waals surface area contributed by atoms with Crippen molar-refractivity contribution in [2.45, 2.75) is 24.9 Å². The van der Waals surface area contributed by atoms with Gasteiger partial charge in [-0.05, 0) is 0 Å². The van der Waals surface area contributed by atoms with Crippen LogP contribution in [0.4, 0.5) is 5.82 Å². The topological polar surface area (TPSA) is 129 Å². The van der Waals surface area contributed by atoms with Gasteiger partial charge in [-0.3, -0.25) is 0 Å². The van der Waals surface area contributed by atoms with Crippen LogP contribution in [0.5, 0.6) is 5.88 Å². The molecule has 20 heavy (non-hydrogen) atoms. The first-order valence-electron chi connectivity index (χ1n) is 6.12. The lowest BCUT2D eigenvalue weighted by atomic mass is 10.2. The average molecular weight is 281 g/mol. The van der Waals surface area contributed by atoms with Gasteiger partial charge in [-0.2, -0.15) is 0 Å². The van der Waals surface area contributed by atoms with E-state index in [4.69, 9.17) is 20.3 Å². The van der Waals surface area contributed by atoms with Gasteiger partial charge < -0.3 is 25.4 Å². The summed E-state index contributed by atoms with van der Waals surface area (Å²) in [6, 6.07) is 0. The fraction of sp³-hybridized carbons (Fsp3) is 0.545. The predicted octanol–water partition coefficient (Wildman–Crippen LogP) is -0.942. The number of rotatable bonds is 3. The minimum absolute atomic E-state index is 0.259. The summed E-state index contributed by atoms with van der Waals surface area (Å²) in [6.07, 6.45) is -0.305. The van der Waals surface area contributed by atoms with E-state index in [9.17, 15) is 5.11 Å². The lowest BCUT2D eigenvalue weighted by molar-refractivity contribution is -0.0473. The molecule has 2 aromatic heterocycles. The molecule has 0 amide bonds. The molecule has 0 spiro atoms. The van der Waals surface area contributed by atoms with Crippen LogP contribution in [0.15, 0.2) is 6.33 Å². The number of nitrogens with zero attached hydrogens (tertiary/aromatic N) is 4. The van der Waals surface area contributed by atoms with Crippen LogP contribution < -0.4 is 10.5 Å². The highest BCUT2D eigenvalue weighted by molar-refractivity contribution is 5.90. The van der Waals surface area contributed by atoms with E-state index in [2.05, 4.69) is 15.1 Å². The summed E-state index contributed by atoms with van der Waals surface area (Å²) < 4.78 is 12.2. The molecule has 9 nitrogen and oxygen atoms in total. The van der Waals surface area contributed by atoms with E-state index >= 15 is 0 Å². The summed E-state index contributed by atoms with van der Waals surface area (Å²) in [7, 11) is 1.47. The van der Waals surface area contributed by atoms with Crippen LogP contribution in [0.25, 0.3) is 11.0 Å². The number of aliphatic hydroxyl groups excluding tert-OH is 2. The van der Waals surface area contributed by atoms with E-state index in [1.54, 1.807) is 0 Å². The lowest BCUT2D eigenvalue weighted by Gasteiger charge is -2.12. The molecule has 3 rings (SSSR count). The SMILES string of the molecule is COc1nn([C@H]2C[C@H](O)[C@@H](CO)O2)c2ncnc(N)c12. The maximum Gasteiger partial charge on any atom is 0.246 e. The first-order valence-corrected chi connectivity index (χ1v) is 6.12. The Morgan fingerprint density at radius 1 is 1.55 bits per heavy atom. The third-order valence-corrected chi connectivity index (χ3v) is 3.34. The molecule has 0 saturated carbocycles. The molecule has 3 atom stereocenters. The molecule has 0 radical (unpaired) electrons. The zero-order valence-corrected chi connectivity index (χ0v) is 10.8. The lowest BCUT2D eigenvalue weighted by Crippen LogP contribution is -2.24. The van der Waals surface area contributed by atoms with Gasteiger partial charge in [0, 0.05) is 6.42 Å². The van der Waals surface area contributed by atoms with Crippen LogP contribution in [0, 0.1) is 0 Å². The Labute approximate surface area is 113 Å². The molecule has 1 fully saturated rings. The standard InChI is InChI=1S/C11H15N5O4/c1-19-11-8-9(12)13-4-14-10(8)16(15-11)7-2-5(18)6(3-17)20-7/h4-7,17-18H,2-3H2,1H3,(H2,12,13,14)/t5-,6+,7+/m0/s1. The zero-order chi connectivity index (χ0) is 14.3. The fourth-order valence-corrected chi connectivity index (χ4v) is 2.34. The molecule has 1 saturated heterocycles. The van der Waals surface area contributed by atoms with Gasteiger partial charge in [0.1, 0.15) is 23.6 Å². The van der Waals surface area contributed by atoms with E-state index in [0.717, 1.165) is 0 Å². The van der Waals surface area contributed by atoms with Crippen molar-refractivity contribution in [2.24, 2.45) is 0 Å². The van der Waals surface area contributed by atoms with Gasteiger partial charge in [-0.1, -0.05) is 0 Å². The Bertz CT molecular complexity index is 631. The molecular weight excluding hydrogens is 266 g/mol. The van der Waals surface area contributed by atoms with Gasteiger partial charge >= 0.3 is 0 Å². The van der Waals surface area contributed by atoms with Crippen molar-refractivity contribution in [2.75, 3.05) is 19.5 Å². The summed E-state index contributed by atoms with van der Waals surface area (Å²) in [5.74, 6) is 0.555. The first-order chi connectivity index (χ1) is 9.65. The van der Waals surface area contributed by atoms with E-state index in [1.807, 2.05) is 0 Å². The Morgan fingerprint density at radius 3 is 3.00 bits per heavy atom. The van der Waals surface area contributed by atoms with Gasteiger partial charge in [-0.25, -0.2) is 14.6 Å². The van der Waals surface area contributed by atoms with Crippen LogP contribution in [0.2, 0.25) is 0 Å². The van der Waals surface area contributed by atoms with E-state index in [-0.39, 0.29) is 12.4 Å². The van der Waals surface area contributed by atoms with Crippen LogP contribution in [0.1, 0.15) is 12.6 Å². The molecule has 3 heterocycles. The number of hydrogen-bond acceptors (Lipinski definition) is 8. The first kappa shape index (κ1) is 13.0. The van der Waals surface area contributed by atoms with Crippen LogP contribution in [-0.4, -0.2) is 55.9 Å². The van der Waals surface area contributed by atoms with Gasteiger partial charge in [0.15, 0.2) is 11.9 Å². The summed E-state index contributed by atoms with van der Waals surface area (Å²) in [5.41, 5.74) is 6.27. The Morgan fingerprint density at radius 2 is 2.35 bits per heavy atom. The quantitative estimate of drug-likeness (QED) is 0.657. The molecule has 9 heteroatoms. The van der Waals surface area contributed by atoms with Gasteiger partial charge in [0.05, 0.1) is 19.8 Å². The molecule has 0 aliphatic carbocycles. The molecule has 2 aromatic rings. The number of methoxy groups -OCH3 is 1. The van der Waals surface area contributed by atoms with Crippen molar-refractivity contribution in [1.29, 1.82) is 0 Å². The number of aromatic nitrogens is 4. The van der Waals surface area contributed by atoms with Crippen molar-refractivity contribution in [3.8, 4) is 5.88 Å². The molecular formula is C11H15N5O4. The van der Waals surface area contributed by atoms with Gasteiger partial charge in [0.25, 0.3) is 0 Å². The second-order valence-corrected chi connectivity index (χ2v) is 4.53. The van der Waals surface area contributed by atoms with Gasteiger partial charge in [-0.15, -0.1) is 5.10 Å². The smallest absolute Gasteiger partial charge is 0.246 e. The molecule has 1 aliphatic rings. The number of ether oxygens (including phenoxy) is 2. The van der Waals surface area contributed by atoms with E-state index in [0.29, 0.717) is 23.3 Å². The average Bonchev–Trinajstić information content (AvgIpc) is 3.00. The summed E-state index contributed by atoms with van der Waals surface area (Å²) in [5, 5.41) is 23.7. The Balaban J connectivity index is 2.07. The summed E-state index contributed by atoms with van der Waals surface area (Å²) >= 11 is 0. The summed E-state index contributed by atoms with van der Waals surface area (Å²) in [6.45, 7) is -0.259. The highest BCUT2D eigenvalue weighted by Gasteiger charge is 2.36. The number of anilines is 1. The summed E-state index contributed by atoms with van der Waals surface area (Å²) in [4.78, 5) is 8.04. The van der Waals surface area contributed by atoms with Crippen LogP contribution in [0.3, 0.4) is 0 Å². The van der Waals surface area contributed by atoms with Crippen molar-refractivity contribution in [3.05, 3.63) is 6.33 Å². The van der Waals surface area contributed by atoms with Crippen molar-refractivity contribution in [1.82, 2.24) is 19.7 Å². The largest absolute Gasteiger partial charge is 0.479 e. The van der Waals surface area contributed by atoms with Gasteiger partial charge in [0.2, 0.25) is 5.88 Å². The molecule has 0 unspecified atom stereocenters. The highest BCUT2D eigenvalue weighted by atomic mass is 16.5. The molecule has 0 aromatic carbocycles. The van der Waals surface area contributed by atoms with E-state index in [1.165, 1.54) is 18.1 Å². The number of aliphatic hydroxyl groups is 2. The second-order valence-electron chi connectivity index (χ2n) is 4.53. The van der Waals surface area contributed by atoms with Crippen molar-refractivity contribution in [3.63, 3.8) is 0 Å². The predicted molar refractivity (Wildman–Crippen MR) is 67.9 cm³/mol. The minimum atomic E-state index is -0.755. The number of nitrogen functional groups attached to an aromatic ring is 1. The fourth-order valence-electron chi connectivity index (χ4n) is 2.34. The van der Waals surface area contributed by atoms with E-state index < -0.39 is 18.4 Å². The normalized spacial score (nSPS) is 26.2. The minimum Gasteiger partial charge on any atom is -0.479 e. The maximum absolute atomic E-state index is 9.80. The second kappa shape index (κ2) is 4.85. The highest BCUT2D eigenvalue weighted by Crippen LogP contribution is 2.34. The third kappa shape index (κ3) is 1.87. The molecule has 0 bridgehead atoms. The van der Waals surface area contributed by atoms with Crippen molar-refractivity contribution < 1.29 is 19.7 Å². The Hall–Kier alpha value is -1.97. The molecule has 4 N–H and O–H groups in total. The van der Waals surface area contributed by atoms with Crippen LogP contribution >= 0.6 is 0 Å². The monoisotopic (exact) mass is 281 g/mol. The number of hydrogen-bond donors (Lipinski definition) is 3. The maximum atomic E-state index is 9.80. The zero-order valence-electron chi connectivity index (χ0n) is 10.8. The number of fused-ring (bicyclic) bond motifs is 1. The number of nitrogens with two attached hydrogens (primary N) is 1. The van der Waals surface area contributed by atoms with Crippen molar-refractivity contribution >= 4 is 16.9 Å². The molecule has 108 valence electrons. The van der Waals surface area contributed by atoms with Crippen LogP contribution in [-0.2, 0) is 4.74 Å². The molecule has 1 aliphatic heterocycles. The Kier molecular flexibility index (Phi) is 3.16. The third-order valence-electron chi connectivity index (χ3n) is 3.34.